The third-order valence-electron chi connectivity index (χ3n) is 4.48. The van der Waals surface area contributed by atoms with Crippen LogP contribution in [0.1, 0.15) is 22.9 Å². The smallest absolute Gasteiger partial charge is 0.321 e. The summed E-state index contributed by atoms with van der Waals surface area (Å²) in [5.74, 6) is -1.42. The Kier molecular flexibility index (Phi) is 3.55. The van der Waals surface area contributed by atoms with Crippen LogP contribution in [-0.2, 0) is 11.2 Å². The minimum Gasteiger partial charge on any atom is -0.480 e. The summed E-state index contributed by atoms with van der Waals surface area (Å²) in [6, 6.07) is 10.8. The van der Waals surface area contributed by atoms with Gasteiger partial charge in [-0.2, -0.15) is 0 Å². The Morgan fingerprint density at radius 1 is 1.25 bits per heavy atom. The summed E-state index contributed by atoms with van der Waals surface area (Å²) < 4.78 is 14.4. The van der Waals surface area contributed by atoms with Gasteiger partial charge in [-0.25, -0.2) is 4.39 Å². The van der Waals surface area contributed by atoms with E-state index in [1.807, 2.05) is 24.3 Å². The van der Waals surface area contributed by atoms with E-state index < -0.39 is 23.9 Å². The fourth-order valence-electron chi connectivity index (χ4n) is 3.37. The van der Waals surface area contributed by atoms with Gasteiger partial charge in [0.1, 0.15) is 11.9 Å². The number of carboxylic acid groups (broad SMARTS) is 1. The first-order chi connectivity index (χ1) is 11.5. The van der Waals surface area contributed by atoms with E-state index in [2.05, 4.69) is 10.3 Å². The molecule has 2 heterocycles. The van der Waals surface area contributed by atoms with Gasteiger partial charge in [0, 0.05) is 33.6 Å². The van der Waals surface area contributed by atoms with Gasteiger partial charge in [0.05, 0.1) is 6.04 Å². The molecule has 4 rings (SSSR count). The topological polar surface area (TPSA) is 65.1 Å². The molecule has 0 bridgehead atoms. The van der Waals surface area contributed by atoms with E-state index in [0.29, 0.717) is 17.0 Å². The summed E-state index contributed by atoms with van der Waals surface area (Å²) in [6.45, 7) is 0. The van der Waals surface area contributed by atoms with E-state index in [-0.39, 0.29) is 0 Å². The number of aromatic nitrogens is 1. The third kappa shape index (κ3) is 2.37. The van der Waals surface area contributed by atoms with Crippen LogP contribution in [0.3, 0.4) is 0 Å². The highest BCUT2D eigenvalue weighted by Gasteiger charge is 2.34. The van der Waals surface area contributed by atoms with Crippen LogP contribution in [0.25, 0.3) is 10.9 Å². The Morgan fingerprint density at radius 2 is 2.04 bits per heavy atom. The van der Waals surface area contributed by atoms with Crippen molar-refractivity contribution in [1.29, 1.82) is 0 Å². The van der Waals surface area contributed by atoms with Crippen molar-refractivity contribution in [2.24, 2.45) is 0 Å². The maximum Gasteiger partial charge on any atom is 0.321 e. The lowest BCUT2D eigenvalue weighted by Gasteiger charge is -2.29. The van der Waals surface area contributed by atoms with Gasteiger partial charge >= 0.3 is 5.97 Å². The zero-order valence-corrected chi connectivity index (χ0v) is 13.3. The van der Waals surface area contributed by atoms with Gasteiger partial charge < -0.3 is 10.1 Å². The second-order valence-electron chi connectivity index (χ2n) is 5.92. The number of H-pyrrole nitrogens is 1. The molecule has 122 valence electrons. The maximum atomic E-state index is 14.4. The highest BCUT2D eigenvalue weighted by molar-refractivity contribution is 6.30. The lowest BCUT2D eigenvalue weighted by Crippen LogP contribution is -2.45. The van der Waals surface area contributed by atoms with E-state index in [4.69, 9.17) is 11.6 Å². The van der Waals surface area contributed by atoms with Gasteiger partial charge in [-0.15, -0.1) is 0 Å². The van der Waals surface area contributed by atoms with Crippen LogP contribution in [0.5, 0.6) is 0 Å². The first-order valence-corrected chi connectivity index (χ1v) is 7.95. The molecule has 1 aromatic heterocycles. The first kappa shape index (κ1) is 15.2. The van der Waals surface area contributed by atoms with Crippen molar-refractivity contribution < 1.29 is 14.3 Å². The van der Waals surface area contributed by atoms with Crippen LogP contribution >= 0.6 is 11.6 Å². The number of hydrogen-bond donors (Lipinski definition) is 3. The lowest BCUT2D eigenvalue weighted by molar-refractivity contribution is -0.139. The molecule has 3 aromatic rings. The monoisotopic (exact) mass is 344 g/mol. The van der Waals surface area contributed by atoms with Crippen molar-refractivity contribution in [3.63, 3.8) is 0 Å². The molecule has 0 spiro atoms. The number of carbonyl (C=O) groups is 1. The number of aliphatic carboxylic acids is 1. The Bertz CT molecular complexity index is 953. The molecule has 1 aliphatic rings. The molecule has 2 aromatic carbocycles. The predicted molar refractivity (Wildman–Crippen MR) is 89.8 cm³/mol. The van der Waals surface area contributed by atoms with Gasteiger partial charge in [0.15, 0.2) is 0 Å². The highest BCUT2D eigenvalue weighted by Crippen LogP contribution is 2.36. The normalized spacial score (nSPS) is 20.1. The number of halogens is 2. The largest absolute Gasteiger partial charge is 0.480 e. The first-order valence-electron chi connectivity index (χ1n) is 7.58. The minimum atomic E-state index is -0.953. The van der Waals surface area contributed by atoms with Crippen molar-refractivity contribution in [2.75, 3.05) is 0 Å². The van der Waals surface area contributed by atoms with Crippen molar-refractivity contribution in [3.05, 3.63) is 70.1 Å². The summed E-state index contributed by atoms with van der Waals surface area (Å²) in [5, 5.41) is 13.8. The molecule has 24 heavy (non-hydrogen) atoms. The molecular weight excluding hydrogens is 331 g/mol. The maximum absolute atomic E-state index is 14.4. The van der Waals surface area contributed by atoms with Crippen LogP contribution < -0.4 is 5.32 Å². The van der Waals surface area contributed by atoms with E-state index >= 15 is 0 Å². The molecular formula is C18H14ClFN2O2. The lowest BCUT2D eigenvalue weighted by atomic mass is 9.90. The molecule has 4 nitrogen and oxygen atoms in total. The van der Waals surface area contributed by atoms with E-state index in [0.717, 1.165) is 22.2 Å². The Morgan fingerprint density at radius 3 is 2.79 bits per heavy atom. The number of hydrogen-bond acceptors (Lipinski definition) is 2. The molecule has 0 saturated carbocycles. The Hall–Kier alpha value is -2.37. The summed E-state index contributed by atoms with van der Waals surface area (Å²) in [6.07, 6.45) is 0.348. The number of fused-ring (bicyclic) bond motifs is 3. The Labute approximate surface area is 142 Å². The second kappa shape index (κ2) is 5.61. The summed E-state index contributed by atoms with van der Waals surface area (Å²) in [7, 11) is 0. The molecule has 3 N–H and O–H groups in total. The van der Waals surface area contributed by atoms with E-state index in [1.54, 1.807) is 12.1 Å². The second-order valence-corrected chi connectivity index (χ2v) is 6.36. The number of benzene rings is 2. The summed E-state index contributed by atoms with van der Waals surface area (Å²) >= 11 is 5.84. The zero-order chi connectivity index (χ0) is 16.8. The Balaban J connectivity index is 1.92. The number of para-hydroxylation sites is 1. The molecule has 0 unspecified atom stereocenters. The molecule has 6 heteroatoms. The summed E-state index contributed by atoms with van der Waals surface area (Å²) in [5.41, 5.74) is 3.00. The average molecular weight is 345 g/mol. The van der Waals surface area contributed by atoms with Crippen LogP contribution in [-0.4, -0.2) is 22.1 Å². The molecule has 0 fully saturated rings. The average Bonchev–Trinajstić information content (AvgIpc) is 2.93. The van der Waals surface area contributed by atoms with Crippen molar-refractivity contribution in [2.45, 2.75) is 18.5 Å². The van der Waals surface area contributed by atoms with E-state index in [1.165, 1.54) is 6.07 Å². The number of nitrogens with one attached hydrogen (secondary N) is 2. The van der Waals surface area contributed by atoms with Crippen LogP contribution in [0, 0.1) is 5.82 Å². The minimum absolute atomic E-state index is 0.304. The fraction of sp³-hybridized carbons (Fsp3) is 0.167. The third-order valence-corrected chi connectivity index (χ3v) is 4.72. The summed E-state index contributed by atoms with van der Waals surface area (Å²) in [4.78, 5) is 14.9. The molecule has 0 saturated heterocycles. The van der Waals surface area contributed by atoms with Crippen molar-refractivity contribution in [3.8, 4) is 0 Å². The van der Waals surface area contributed by atoms with Crippen LogP contribution in [0.2, 0.25) is 5.02 Å². The fourth-order valence-corrected chi connectivity index (χ4v) is 3.53. The molecule has 0 radical (unpaired) electrons. The predicted octanol–water partition coefficient (Wildman–Crippen LogP) is 3.65. The van der Waals surface area contributed by atoms with E-state index in [9.17, 15) is 14.3 Å². The number of rotatable bonds is 2. The van der Waals surface area contributed by atoms with Gasteiger partial charge in [0.2, 0.25) is 0 Å². The van der Waals surface area contributed by atoms with Crippen molar-refractivity contribution >= 4 is 28.5 Å². The SMILES string of the molecule is O=C(O)[C@@H]1Cc2c([nH]c3ccccc23)[C@@H](c2ccc(Cl)cc2F)N1. The molecule has 0 aliphatic carbocycles. The van der Waals surface area contributed by atoms with Gasteiger partial charge in [-0.05, 0) is 23.8 Å². The zero-order valence-electron chi connectivity index (χ0n) is 12.5. The molecule has 2 atom stereocenters. The van der Waals surface area contributed by atoms with Crippen molar-refractivity contribution in [1.82, 2.24) is 10.3 Å². The standard InChI is InChI=1S/C18H14ClFN2O2/c19-9-5-6-11(13(20)7-9)16-17-12(8-15(22-16)18(23)24)10-3-1-2-4-14(10)21-17/h1-7,15-16,21-22H,8H2,(H,23,24)/t15-,16+/m0/s1. The van der Waals surface area contributed by atoms with Gasteiger partial charge in [-0.1, -0.05) is 35.9 Å². The quantitative estimate of drug-likeness (QED) is 0.665. The highest BCUT2D eigenvalue weighted by atomic mass is 35.5. The van der Waals surface area contributed by atoms with Gasteiger partial charge in [-0.3, -0.25) is 10.1 Å². The van der Waals surface area contributed by atoms with Crippen LogP contribution in [0.15, 0.2) is 42.5 Å². The van der Waals surface area contributed by atoms with Gasteiger partial charge in [0.25, 0.3) is 0 Å². The molecule has 0 amide bonds. The molecule has 1 aliphatic heterocycles. The number of aromatic amines is 1. The van der Waals surface area contributed by atoms with Crippen LogP contribution in [0.4, 0.5) is 4.39 Å². The number of carboxylic acids is 1.